The number of nitrogens with zero attached hydrogens (tertiary/aromatic N) is 2. The first-order chi connectivity index (χ1) is 8.17. The Morgan fingerprint density at radius 1 is 1.35 bits per heavy atom. The molecule has 1 aromatic heterocycles. The molecule has 0 saturated carbocycles. The normalized spacial score (nSPS) is 13.0. The zero-order valence-electron chi connectivity index (χ0n) is 10.9. The van der Waals surface area contributed by atoms with E-state index in [0.717, 1.165) is 31.7 Å². The van der Waals surface area contributed by atoms with Crippen LogP contribution in [0.15, 0.2) is 18.5 Å². The third-order valence-electron chi connectivity index (χ3n) is 3.00. The summed E-state index contributed by atoms with van der Waals surface area (Å²) in [4.78, 5) is 6.21. The lowest BCUT2D eigenvalue weighted by Gasteiger charge is -2.20. The maximum absolute atomic E-state index is 13.0. The molecule has 3 nitrogen and oxygen atoms in total. The Morgan fingerprint density at radius 3 is 2.65 bits per heavy atom. The predicted octanol–water partition coefficient (Wildman–Crippen LogP) is 2.21. The van der Waals surface area contributed by atoms with Crippen molar-refractivity contribution in [1.82, 2.24) is 15.2 Å². The van der Waals surface area contributed by atoms with Crippen LogP contribution in [0.1, 0.15) is 32.4 Å². The number of halogens is 1. The molecule has 0 aromatic carbocycles. The first-order valence-corrected chi connectivity index (χ1v) is 6.23. The van der Waals surface area contributed by atoms with Crippen LogP contribution in [0.3, 0.4) is 0 Å². The Bertz CT molecular complexity index is 326. The van der Waals surface area contributed by atoms with Crippen LogP contribution in [0.4, 0.5) is 4.39 Å². The smallest absolute Gasteiger partial charge is 0.141 e. The van der Waals surface area contributed by atoms with Gasteiger partial charge in [0.15, 0.2) is 0 Å². The minimum absolute atomic E-state index is 0.133. The first-order valence-electron chi connectivity index (χ1n) is 6.23. The summed E-state index contributed by atoms with van der Waals surface area (Å²) >= 11 is 0. The highest BCUT2D eigenvalue weighted by Gasteiger charge is 2.06. The molecule has 1 atom stereocenters. The molecule has 0 bridgehead atoms. The number of nitrogens with one attached hydrogen (secondary N) is 1. The Labute approximate surface area is 103 Å². The van der Waals surface area contributed by atoms with E-state index in [9.17, 15) is 4.39 Å². The molecule has 0 aliphatic carbocycles. The second kappa shape index (κ2) is 7.35. The number of likely N-dealkylation sites (N-methyl/N-ethyl adjacent to an activating group) is 1. The molecule has 1 aromatic rings. The topological polar surface area (TPSA) is 28.2 Å². The zero-order valence-corrected chi connectivity index (χ0v) is 10.9. The summed E-state index contributed by atoms with van der Waals surface area (Å²) < 4.78 is 13.0. The number of aromatic nitrogens is 1. The molecule has 0 saturated heterocycles. The molecule has 17 heavy (non-hydrogen) atoms. The van der Waals surface area contributed by atoms with Crippen LogP contribution in [0.25, 0.3) is 0 Å². The molecule has 0 spiro atoms. The SMILES string of the molecule is CCN(CC)CCNC(C)c1cncc(F)c1. The monoisotopic (exact) mass is 239 g/mol. The van der Waals surface area contributed by atoms with Crippen molar-refractivity contribution in [3.63, 3.8) is 0 Å². The van der Waals surface area contributed by atoms with E-state index in [1.165, 1.54) is 12.3 Å². The Morgan fingerprint density at radius 2 is 2.06 bits per heavy atom. The molecule has 1 rings (SSSR count). The van der Waals surface area contributed by atoms with E-state index in [-0.39, 0.29) is 11.9 Å². The molecular weight excluding hydrogens is 217 g/mol. The van der Waals surface area contributed by atoms with Gasteiger partial charge in [0, 0.05) is 25.3 Å². The molecule has 0 radical (unpaired) electrons. The van der Waals surface area contributed by atoms with E-state index in [0.29, 0.717) is 0 Å². The third-order valence-corrected chi connectivity index (χ3v) is 3.00. The van der Waals surface area contributed by atoms with Gasteiger partial charge in [-0.05, 0) is 31.6 Å². The molecule has 1 N–H and O–H groups in total. The van der Waals surface area contributed by atoms with Crippen molar-refractivity contribution in [2.75, 3.05) is 26.2 Å². The van der Waals surface area contributed by atoms with E-state index in [4.69, 9.17) is 0 Å². The second-order valence-corrected chi connectivity index (χ2v) is 4.14. The van der Waals surface area contributed by atoms with Crippen molar-refractivity contribution in [2.24, 2.45) is 0 Å². The minimum Gasteiger partial charge on any atom is -0.309 e. The Hall–Kier alpha value is -1.00. The van der Waals surface area contributed by atoms with Gasteiger partial charge in [0.2, 0.25) is 0 Å². The lowest BCUT2D eigenvalue weighted by Crippen LogP contribution is -2.33. The Kier molecular flexibility index (Phi) is 6.08. The lowest BCUT2D eigenvalue weighted by molar-refractivity contribution is 0.298. The fourth-order valence-corrected chi connectivity index (χ4v) is 1.76. The Balaban J connectivity index is 2.37. The van der Waals surface area contributed by atoms with E-state index in [1.54, 1.807) is 6.20 Å². The third kappa shape index (κ3) is 4.79. The molecule has 0 fully saturated rings. The van der Waals surface area contributed by atoms with Crippen molar-refractivity contribution < 1.29 is 4.39 Å². The van der Waals surface area contributed by atoms with Crippen LogP contribution in [-0.4, -0.2) is 36.1 Å². The van der Waals surface area contributed by atoms with Gasteiger partial charge in [-0.25, -0.2) is 4.39 Å². The maximum Gasteiger partial charge on any atom is 0.141 e. The van der Waals surface area contributed by atoms with Crippen molar-refractivity contribution >= 4 is 0 Å². The number of hydrogen-bond donors (Lipinski definition) is 1. The van der Waals surface area contributed by atoms with E-state index in [1.807, 2.05) is 6.92 Å². The summed E-state index contributed by atoms with van der Waals surface area (Å²) in [6.07, 6.45) is 2.93. The van der Waals surface area contributed by atoms with Crippen LogP contribution in [0, 0.1) is 5.82 Å². The van der Waals surface area contributed by atoms with Crippen LogP contribution >= 0.6 is 0 Å². The van der Waals surface area contributed by atoms with Gasteiger partial charge in [-0.1, -0.05) is 13.8 Å². The largest absolute Gasteiger partial charge is 0.309 e. The molecule has 0 aliphatic rings. The molecule has 1 heterocycles. The van der Waals surface area contributed by atoms with Gasteiger partial charge in [-0.15, -0.1) is 0 Å². The number of pyridine rings is 1. The molecule has 96 valence electrons. The molecule has 1 unspecified atom stereocenters. The zero-order chi connectivity index (χ0) is 12.7. The van der Waals surface area contributed by atoms with Gasteiger partial charge >= 0.3 is 0 Å². The van der Waals surface area contributed by atoms with Crippen molar-refractivity contribution in [1.29, 1.82) is 0 Å². The summed E-state index contributed by atoms with van der Waals surface area (Å²) in [7, 11) is 0. The predicted molar refractivity (Wildman–Crippen MR) is 68.4 cm³/mol. The molecule has 0 amide bonds. The number of hydrogen-bond acceptors (Lipinski definition) is 3. The molecule has 0 aliphatic heterocycles. The van der Waals surface area contributed by atoms with Gasteiger partial charge in [-0.2, -0.15) is 0 Å². The quantitative estimate of drug-likeness (QED) is 0.790. The summed E-state index contributed by atoms with van der Waals surface area (Å²) in [5.41, 5.74) is 0.893. The summed E-state index contributed by atoms with van der Waals surface area (Å²) in [6.45, 7) is 10.4. The van der Waals surface area contributed by atoms with Crippen LogP contribution in [0.2, 0.25) is 0 Å². The molecular formula is C13H22FN3. The minimum atomic E-state index is -0.278. The van der Waals surface area contributed by atoms with Crippen LogP contribution in [-0.2, 0) is 0 Å². The highest BCUT2D eigenvalue weighted by Crippen LogP contribution is 2.11. The average Bonchev–Trinajstić information content (AvgIpc) is 2.34. The van der Waals surface area contributed by atoms with Gasteiger partial charge in [0.25, 0.3) is 0 Å². The summed E-state index contributed by atoms with van der Waals surface area (Å²) in [5.74, 6) is -0.278. The van der Waals surface area contributed by atoms with Gasteiger partial charge in [0.1, 0.15) is 5.82 Å². The van der Waals surface area contributed by atoms with Gasteiger partial charge in [-0.3, -0.25) is 4.98 Å². The maximum atomic E-state index is 13.0. The van der Waals surface area contributed by atoms with E-state index >= 15 is 0 Å². The fourth-order valence-electron chi connectivity index (χ4n) is 1.76. The van der Waals surface area contributed by atoms with E-state index in [2.05, 4.69) is 29.0 Å². The average molecular weight is 239 g/mol. The van der Waals surface area contributed by atoms with Gasteiger partial charge in [0.05, 0.1) is 6.20 Å². The van der Waals surface area contributed by atoms with Crippen LogP contribution < -0.4 is 5.32 Å². The van der Waals surface area contributed by atoms with Gasteiger partial charge < -0.3 is 10.2 Å². The standard InChI is InChI=1S/C13H22FN3/c1-4-17(5-2)7-6-16-11(3)12-8-13(14)10-15-9-12/h8-11,16H,4-7H2,1-3H3. The van der Waals surface area contributed by atoms with Crippen molar-refractivity contribution in [3.8, 4) is 0 Å². The summed E-state index contributed by atoms with van der Waals surface area (Å²) in [6, 6.07) is 1.66. The highest BCUT2D eigenvalue weighted by molar-refractivity contribution is 5.14. The summed E-state index contributed by atoms with van der Waals surface area (Å²) in [5, 5.41) is 3.38. The number of rotatable bonds is 7. The van der Waals surface area contributed by atoms with E-state index < -0.39 is 0 Å². The first kappa shape index (κ1) is 14.1. The highest BCUT2D eigenvalue weighted by atomic mass is 19.1. The van der Waals surface area contributed by atoms with Crippen molar-refractivity contribution in [2.45, 2.75) is 26.8 Å². The molecule has 4 heteroatoms. The van der Waals surface area contributed by atoms with Crippen LogP contribution in [0.5, 0.6) is 0 Å². The fraction of sp³-hybridized carbons (Fsp3) is 0.615. The second-order valence-electron chi connectivity index (χ2n) is 4.14. The van der Waals surface area contributed by atoms with Crippen molar-refractivity contribution in [3.05, 3.63) is 29.8 Å². The lowest BCUT2D eigenvalue weighted by atomic mass is 10.1.